The van der Waals surface area contributed by atoms with E-state index in [-0.39, 0.29) is 9.79 Å². The minimum atomic E-state index is -3.84. The second kappa shape index (κ2) is 9.76. The maximum atomic E-state index is 13.8. The van der Waals surface area contributed by atoms with Gasteiger partial charge < -0.3 is 14.5 Å². The highest BCUT2D eigenvalue weighted by Crippen LogP contribution is 2.38. The number of hydrogen-bond acceptors (Lipinski definition) is 6. The van der Waals surface area contributed by atoms with E-state index in [1.54, 1.807) is 12.1 Å². The van der Waals surface area contributed by atoms with Crippen LogP contribution in [0.1, 0.15) is 6.92 Å². The van der Waals surface area contributed by atoms with Crippen LogP contribution in [0.3, 0.4) is 0 Å². The Labute approximate surface area is 210 Å². The number of halogens is 1. The molecular formula is C27H26ClN3O3S. The molecule has 6 nitrogen and oxygen atoms in total. The monoisotopic (exact) mass is 507 g/mol. The number of anilines is 2. The molecule has 1 aliphatic heterocycles. The number of fused-ring (bicyclic) bond motifs is 1. The number of piperazine rings is 1. The van der Waals surface area contributed by atoms with Crippen molar-refractivity contribution in [1.29, 1.82) is 0 Å². The lowest BCUT2D eigenvalue weighted by Gasteiger charge is -2.38. The Morgan fingerprint density at radius 3 is 2.29 bits per heavy atom. The van der Waals surface area contributed by atoms with Crippen LogP contribution in [0.15, 0.2) is 88.8 Å². The third-order valence-electron chi connectivity index (χ3n) is 6.22. The van der Waals surface area contributed by atoms with Gasteiger partial charge in [0.05, 0.1) is 22.7 Å². The van der Waals surface area contributed by atoms with E-state index >= 15 is 0 Å². The number of para-hydroxylation sites is 1. The molecule has 1 fully saturated rings. The normalized spacial score (nSPS) is 14.3. The maximum absolute atomic E-state index is 13.8. The van der Waals surface area contributed by atoms with Crippen molar-refractivity contribution in [2.75, 3.05) is 42.6 Å². The molecule has 180 valence electrons. The van der Waals surface area contributed by atoms with Gasteiger partial charge in [-0.25, -0.2) is 8.42 Å². The van der Waals surface area contributed by atoms with Gasteiger partial charge >= 0.3 is 0 Å². The van der Waals surface area contributed by atoms with Crippen molar-refractivity contribution in [3.63, 3.8) is 0 Å². The Morgan fingerprint density at radius 1 is 0.914 bits per heavy atom. The summed E-state index contributed by atoms with van der Waals surface area (Å²) in [5, 5.41) is 1.25. The SMILES string of the molecule is CCOc1ccc2ncc(S(=O)(=O)c3ccc(Cl)cc3)c(N3CCN(c4ccccc4)CC3)c2c1. The fraction of sp³-hybridized carbons (Fsp3) is 0.222. The van der Waals surface area contributed by atoms with E-state index in [0.29, 0.717) is 36.2 Å². The fourth-order valence-corrected chi connectivity index (χ4v) is 6.05. The number of pyridine rings is 1. The van der Waals surface area contributed by atoms with Crippen molar-refractivity contribution in [2.24, 2.45) is 0 Å². The topological polar surface area (TPSA) is 62.7 Å². The predicted molar refractivity (Wildman–Crippen MR) is 141 cm³/mol. The zero-order valence-corrected chi connectivity index (χ0v) is 21.0. The second-order valence-corrected chi connectivity index (χ2v) is 10.7. The molecule has 1 aliphatic rings. The predicted octanol–water partition coefficient (Wildman–Crippen LogP) is 5.45. The number of sulfone groups is 1. The summed E-state index contributed by atoms with van der Waals surface area (Å²) in [7, 11) is -3.84. The number of hydrogen-bond donors (Lipinski definition) is 0. The summed E-state index contributed by atoms with van der Waals surface area (Å²) < 4.78 is 33.3. The molecule has 0 unspecified atom stereocenters. The Kier molecular flexibility index (Phi) is 6.54. The molecule has 0 radical (unpaired) electrons. The van der Waals surface area contributed by atoms with Crippen LogP contribution in [-0.2, 0) is 9.84 Å². The summed E-state index contributed by atoms with van der Waals surface area (Å²) in [6.07, 6.45) is 1.48. The van der Waals surface area contributed by atoms with Gasteiger partial charge in [0.1, 0.15) is 10.6 Å². The highest BCUT2D eigenvalue weighted by molar-refractivity contribution is 7.91. The summed E-state index contributed by atoms with van der Waals surface area (Å²) in [4.78, 5) is 9.36. The first-order valence-electron chi connectivity index (χ1n) is 11.6. The summed E-state index contributed by atoms with van der Waals surface area (Å²) in [6.45, 7) is 5.35. The van der Waals surface area contributed by atoms with Crippen LogP contribution in [0.2, 0.25) is 5.02 Å². The number of ether oxygens (including phenoxy) is 1. The van der Waals surface area contributed by atoms with E-state index in [4.69, 9.17) is 16.3 Å². The summed E-state index contributed by atoms with van der Waals surface area (Å²) >= 11 is 6.02. The van der Waals surface area contributed by atoms with Crippen LogP contribution in [0.25, 0.3) is 10.9 Å². The van der Waals surface area contributed by atoms with Gasteiger partial charge in [0.2, 0.25) is 9.84 Å². The van der Waals surface area contributed by atoms with Crippen molar-refractivity contribution in [3.05, 3.63) is 84.0 Å². The minimum absolute atomic E-state index is 0.188. The quantitative estimate of drug-likeness (QED) is 0.346. The molecule has 0 amide bonds. The smallest absolute Gasteiger partial charge is 0.210 e. The Bertz CT molecular complexity index is 1440. The molecule has 0 aliphatic carbocycles. The van der Waals surface area contributed by atoms with Crippen molar-refractivity contribution in [1.82, 2.24) is 4.98 Å². The first-order chi connectivity index (χ1) is 17.0. The lowest BCUT2D eigenvalue weighted by atomic mass is 10.1. The van der Waals surface area contributed by atoms with Gasteiger partial charge in [-0.2, -0.15) is 0 Å². The Morgan fingerprint density at radius 2 is 1.60 bits per heavy atom. The number of aromatic nitrogens is 1. The first kappa shape index (κ1) is 23.5. The van der Waals surface area contributed by atoms with Crippen LogP contribution in [-0.4, -0.2) is 46.2 Å². The van der Waals surface area contributed by atoms with Crippen LogP contribution in [0, 0.1) is 0 Å². The minimum Gasteiger partial charge on any atom is -0.494 e. The molecule has 0 atom stereocenters. The van der Waals surface area contributed by atoms with Crippen molar-refractivity contribution in [2.45, 2.75) is 16.7 Å². The van der Waals surface area contributed by atoms with Gasteiger partial charge in [0.15, 0.2) is 0 Å². The molecule has 35 heavy (non-hydrogen) atoms. The first-order valence-corrected chi connectivity index (χ1v) is 13.4. The van der Waals surface area contributed by atoms with Gasteiger partial charge in [-0.1, -0.05) is 29.8 Å². The van der Waals surface area contributed by atoms with E-state index in [0.717, 1.165) is 24.0 Å². The molecule has 0 bridgehead atoms. The highest BCUT2D eigenvalue weighted by atomic mass is 35.5. The van der Waals surface area contributed by atoms with Crippen LogP contribution < -0.4 is 14.5 Å². The van der Waals surface area contributed by atoms with Crippen molar-refractivity contribution in [3.8, 4) is 5.75 Å². The molecule has 3 aromatic carbocycles. The van der Waals surface area contributed by atoms with E-state index < -0.39 is 9.84 Å². The van der Waals surface area contributed by atoms with Crippen LogP contribution >= 0.6 is 11.6 Å². The average molecular weight is 508 g/mol. The molecule has 8 heteroatoms. The van der Waals surface area contributed by atoms with Crippen molar-refractivity contribution < 1.29 is 13.2 Å². The third-order valence-corrected chi connectivity index (χ3v) is 8.24. The molecule has 1 saturated heterocycles. The van der Waals surface area contributed by atoms with Gasteiger partial charge in [0.25, 0.3) is 0 Å². The van der Waals surface area contributed by atoms with E-state index in [2.05, 4.69) is 26.9 Å². The van der Waals surface area contributed by atoms with Crippen LogP contribution in [0.5, 0.6) is 5.75 Å². The molecule has 0 spiro atoms. The average Bonchev–Trinajstić information content (AvgIpc) is 2.89. The maximum Gasteiger partial charge on any atom is 0.210 e. The van der Waals surface area contributed by atoms with Gasteiger partial charge in [-0.3, -0.25) is 4.98 Å². The molecule has 5 rings (SSSR count). The largest absolute Gasteiger partial charge is 0.494 e. The van der Waals surface area contributed by atoms with E-state index in [1.165, 1.54) is 24.0 Å². The van der Waals surface area contributed by atoms with E-state index in [9.17, 15) is 8.42 Å². The second-order valence-electron chi connectivity index (χ2n) is 8.35. The number of rotatable bonds is 6. The molecule has 2 heterocycles. The van der Waals surface area contributed by atoms with E-state index in [1.807, 2.05) is 43.3 Å². The molecule has 4 aromatic rings. The van der Waals surface area contributed by atoms with Crippen LogP contribution in [0.4, 0.5) is 11.4 Å². The lowest BCUT2D eigenvalue weighted by Crippen LogP contribution is -2.47. The Balaban J connectivity index is 1.61. The highest BCUT2D eigenvalue weighted by Gasteiger charge is 2.29. The lowest BCUT2D eigenvalue weighted by molar-refractivity contribution is 0.340. The Hall–Kier alpha value is -3.29. The molecule has 1 aromatic heterocycles. The van der Waals surface area contributed by atoms with Gasteiger partial charge in [0, 0.05) is 48.5 Å². The van der Waals surface area contributed by atoms with Crippen molar-refractivity contribution >= 4 is 43.7 Å². The summed E-state index contributed by atoms with van der Waals surface area (Å²) in [5.41, 5.74) is 2.56. The third kappa shape index (κ3) is 4.66. The summed E-state index contributed by atoms with van der Waals surface area (Å²) in [6, 6.07) is 22.2. The fourth-order valence-electron chi connectivity index (χ4n) is 4.49. The zero-order valence-electron chi connectivity index (χ0n) is 19.4. The molecule has 0 saturated carbocycles. The number of benzene rings is 3. The van der Waals surface area contributed by atoms with Gasteiger partial charge in [-0.05, 0) is 61.5 Å². The molecule has 0 N–H and O–H groups in total. The summed E-state index contributed by atoms with van der Waals surface area (Å²) in [5.74, 6) is 0.687. The standard InChI is InChI=1S/C27H26ClN3O3S/c1-2-34-22-10-13-25-24(18-22)27(31-16-14-30(15-17-31)21-6-4-3-5-7-21)26(19-29-25)35(32,33)23-11-8-20(28)9-12-23/h3-13,18-19H,2,14-17H2,1H3. The number of nitrogens with zero attached hydrogens (tertiary/aromatic N) is 3. The zero-order chi connectivity index (χ0) is 24.4. The van der Waals surface area contributed by atoms with Gasteiger partial charge in [-0.15, -0.1) is 0 Å². The molecular weight excluding hydrogens is 482 g/mol.